The molecule has 0 aliphatic carbocycles. The molecule has 4 rings (SSSR count). The summed E-state index contributed by atoms with van der Waals surface area (Å²) >= 11 is 0. The van der Waals surface area contributed by atoms with Gasteiger partial charge in [-0.2, -0.15) is 0 Å². The van der Waals surface area contributed by atoms with E-state index in [1.807, 2.05) is 24.0 Å². The fraction of sp³-hybridized carbons (Fsp3) is 0.481. The molecule has 2 aliphatic rings. The van der Waals surface area contributed by atoms with Crippen molar-refractivity contribution in [2.45, 2.75) is 46.6 Å². The van der Waals surface area contributed by atoms with Crippen LogP contribution in [0.2, 0.25) is 0 Å². The van der Waals surface area contributed by atoms with Gasteiger partial charge in [0.15, 0.2) is 23.1 Å². The molecule has 0 bridgehead atoms. The fourth-order valence-corrected chi connectivity index (χ4v) is 4.63. The maximum Gasteiger partial charge on any atom is 0.197 e. The monoisotopic (exact) mass is 483 g/mol. The van der Waals surface area contributed by atoms with Crippen molar-refractivity contribution in [2.24, 2.45) is 4.99 Å². The highest BCUT2D eigenvalue weighted by molar-refractivity contribution is 6.07. The van der Waals surface area contributed by atoms with E-state index in [0.29, 0.717) is 55.6 Å². The Morgan fingerprint density at radius 3 is 2.60 bits per heavy atom. The molecular weight excluding hydrogens is 449 g/mol. The SMILES string of the molecule is CCOc1cc2c(c(F)c1OCC)/C(=N/C)N(CC(=O)c1cc3c(c(C(C)(C)C)c1)OCCN3)C2. The lowest BCUT2D eigenvalue weighted by Crippen LogP contribution is -2.31. The van der Waals surface area contributed by atoms with Gasteiger partial charge in [-0.3, -0.25) is 9.79 Å². The van der Waals surface area contributed by atoms with Crippen LogP contribution in [0.5, 0.6) is 17.2 Å². The normalized spacial score (nSPS) is 15.9. The summed E-state index contributed by atoms with van der Waals surface area (Å²) in [5, 5.41) is 3.35. The van der Waals surface area contributed by atoms with Gasteiger partial charge in [0.05, 0.1) is 31.0 Å². The fourth-order valence-electron chi connectivity index (χ4n) is 4.63. The number of nitrogens with zero attached hydrogens (tertiary/aromatic N) is 2. The van der Waals surface area contributed by atoms with Gasteiger partial charge in [0.2, 0.25) is 0 Å². The van der Waals surface area contributed by atoms with E-state index in [1.165, 1.54) is 0 Å². The molecule has 2 aliphatic heterocycles. The molecule has 8 heteroatoms. The lowest BCUT2D eigenvalue weighted by molar-refractivity contribution is 0.0962. The van der Waals surface area contributed by atoms with Gasteiger partial charge >= 0.3 is 0 Å². The van der Waals surface area contributed by atoms with Crippen LogP contribution in [0.4, 0.5) is 10.1 Å². The van der Waals surface area contributed by atoms with E-state index >= 15 is 4.39 Å². The lowest BCUT2D eigenvalue weighted by atomic mass is 9.84. The van der Waals surface area contributed by atoms with Crippen LogP contribution in [0.1, 0.15) is 61.7 Å². The molecule has 35 heavy (non-hydrogen) atoms. The van der Waals surface area contributed by atoms with E-state index in [1.54, 1.807) is 20.0 Å². The van der Waals surface area contributed by atoms with Crippen LogP contribution in [0.15, 0.2) is 23.2 Å². The number of rotatable bonds is 7. The van der Waals surface area contributed by atoms with Crippen molar-refractivity contribution < 1.29 is 23.4 Å². The number of fused-ring (bicyclic) bond motifs is 2. The first-order chi connectivity index (χ1) is 16.7. The number of ketones is 1. The minimum absolute atomic E-state index is 0.0674. The Labute approximate surface area is 206 Å². The van der Waals surface area contributed by atoms with Crippen LogP contribution >= 0.6 is 0 Å². The number of amidine groups is 1. The predicted octanol–water partition coefficient (Wildman–Crippen LogP) is 4.80. The van der Waals surface area contributed by atoms with Crippen molar-refractivity contribution in [3.63, 3.8) is 0 Å². The maximum absolute atomic E-state index is 15.6. The number of ether oxygens (including phenoxy) is 3. The maximum atomic E-state index is 15.6. The average Bonchev–Trinajstić information content (AvgIpc) is 3.17. The zero-order valence-electron chi connectivity index (χ0n) is 21.4. The summed E-state index contributed by atoms with van der Waals surface area (Å²) in [5.41, 5.74) is 3.28. The third-order valence-electron chi connectivity index (χ3n) is 6.17. The van der Waals surface area contributed by atoms with E-state index in [-0.39, 0.29) is 23.5 Å². The molecule has 0 spiro atoms. The number of carbonyl (C=O) groups excluding carboxylic acids is 1. The zero-order chi connectivity index (χ0) is 25.3. The van der Waals surface area contributed by atoms with Gasteiger partial charge in [-0.1, -0.05) is 20.8 Å². The molecule has 188 valence electrons. The topological polar surface area (TPSA) is 72.4 Å². The van der Waals surface area contributed by atoms with Gasteiger partial charge in [-0.15, -0.1) is 0 Å². The van der Waals surface area contributed by atoms with Crippen molar-refractivity contribution in [1.82, 2.24) is 4.90 Å². The van der Waals surface area contributed by atoms with Crippen LogP contribution in [0.3, 0.4) is 0 Å². The second kappa shape index (κ2) is 9.76. The number of anilines is 1. The number of carbonyl (C=O) groups is 1. The number of aliphatic imine (C=N–C) groups is 1. The molecule has 7 nitrogen and oxygen atoms in total. The van der Waals surface area contributed by atoms with Gasteiger partial charge < -0.3 is 24.4 Å². The summed E-state index contributed by atoms with van der Waals surface area (Å²) in [6, 6.07) is 5.56. The molecule has 1 N–H and O–H groups in total. The quantitative estimate of drug-likeness (QED) is 0.571. The summed E-state index contributed by atoms with van der Waals surface area (Å²) in [5.74, 6) is 1.11. The molecule has 2 aromatic rings. The second-order valence-electron chi connectivity index (χ2n) is 9.67. The second-order valence-corrected chi connectivity index (χ2v) is 9.67. The molecule has 0 unspecified atom stereocenters. The van der Waals surface area contributed by atoms with Crippen molar-refractivity contribution in [3.8, 4) is 17.2 Å². The first-order valence-electron chi connectivity index (χ1n) is 12.1. The molecule has 2 heterocycles. The van der Waals surface area contributed by atoms with Crippen LogP contribution in [0, 0.1) is 5.82 Å². The molecule has 0 aromatic heterocycles. The van der Waals surface area contributed by atoms with E-state index in [0.717, 1.165) is 22.6 Å². The first-order valence-corrected chi connectivity index (χ1v) is 12.1. The average molecular weight is 484 g/mol. The summed E-state index contributed by atoms with van der Waals surface area (Å²) < 4.78 is 32.7. The molecule has 0 radical (unpaired) electrons. The van der Waals surface area contributed by atoms with Crippen molar-refractivity contribution in [3.05, 3.63) is 46.3 Å². The highest BCUT2D eigenvalue weighted by Crippen LogP contribution is 2.41. The number of hydrogen-bond donors (Lipinski definition) is 1. The van der Waals surface area contributed by atoms with Crippen LogP contribution in [0.25, 0.3) is 0 Å². The number of Topliss-reactive ketones (excluding diaryl/α,β-unsaturated/α-hetero) is 1. The van der Waals surface area contributed by atoms with Gasteiger partial charge in [-0.25, -0.2) is 4.39 Å². The van der Waals surface area contributed by atoms with Crippen molar-refractivity contribution in [2.75, 3.05) is 45.3 Å². The highest BCUT2D eigenvalue weighted by atomic mass is 19.1. The number of hydrogen-bond acceptors (Lipinski definition) is 6. The van der Waals surface area contributed by atoms with E-state index in [9.17, 15) is 4.79 Å². The molecule has 0 fully saturated rings. The molecule has 2 aromatic carbocycles. The zero-order valence-corrected chi connectivity index (χ0v) is 21.4. The predicted molar refractivity (Wildman–Crippen MR) is 135 cm³/mol. The number of nitrogens with one attached hydrogen (secondary N) is 1. The van der Waals surface area contributed by atoms with Gasteiger partial charge in [0.25, 0.3) is 0 Å². The molecule has 0 saturated heterocycles. The van der Waals surface area contributed by atoms with Crippen molar-refractivity contribution in [1.29, 1.82) is 0 Å². The van der Waals surface area contributed by atoms with Crippen LogP contribution in [-0.2, 0) is 12.0 Å². The van der Waals surface area contributed by atoms with Crippen molar-refractivity contribution >= 4 is 17.3 Å². The molecular formula is C27H34FN3O4. The highest BCUT2D eigenvalue weighted by Gasteiger charge is 2.34. The Kier molecular flexibility index (Phi) is 6.92. The Hall–Kier alpha value is -3.29. The van der Waals surface area contributed by atoms with Gasteiger partial charge in [0.1, 0.15) is 18.2 Å². The first kappa shape index (κ1) is 24.8. The minimum Gasteiger partial charge on any atom is -0.490 e. The van der Waals surface area contributed by atoms with E-state index in [2.05, 4.69) is 31.1 Å². The summed E-state index contributed by atoms with van der Waals surface area (Å²) in [7, 11) is 1.61. The third kappa shape index (κ3) is 4.66. The van der Waals surface area contributed by atoms with Gasteiger partial charge in [0, 0.05) is 31.3 Å². The largest absolute Gasteiger partial charge is 0.490 e. The summed E-state index contributed by atoms with van der Waals surface area (Å²) in [4.78, 5) is 19.6. The van der Waals surface area contributed by atoms with E-state index in [4.69, 9.17) is 14.2 Å². The minimum atomic E-state index is -0.506. The number of halogens is 1. The Balaban J connectivity index is 1.67. The lowest BCUT2D eigenvalue weighted by Gasteiger charge is -2.29. The Bertz CT molecular complexity index is 1170. The number of benzene rings is 2. The van der Waals surface area contributed by atoms with E-state index < -0.39 is 5.82 Å². The third-order valence-corrected chi connectivity index (χ3v) is 6.17. The summed E-state index contributed by atoms with van der Waals surface area (Å²) in [6.07, 6.45) is 0. The summed E-state index contributed by atoms with van der Waals surface area (Å²) in [6.45, 7) is 12.3. The molecule has 0 saturated carbocycles. The molecule has 0 atom stereocenters. The van der Waals surface area contributed by atoms with Crippen LogP contribution in [-0.4, -0.2) is 56.5 Å². The molecule has 0 amide bonds. The van der Waals surface area contributed by atoms with Gasteiger partial charge in [-0.05, 0) is 43.0 Å². The smallest absolute Gasteiger partial charge is 0.197 e. The van der Waals surface area contributed by atoms with Crippen LogP contribution < -0.4 is 19.5 Å². The standard InChI is InChI=1S/C27H34FN3O4/c1-7-33-21-13-17-14-31(26(29-6)22(17)23(28)25(21)34-8-2)15-20(32)16-11-18(27(3,4)5)24-19(12-16)30-9-10-35-24/h11-13,30H,7-10,14-15H2,1-6H3/b29-26-. The Morgan fingerprint density at radius 1 is 1.20 bits per heavy atom. The Morgan fingerprint density at radius 2 is 1.94 bits per heavy atom.